The van der Waals surface area contributed by atoms with Crippen LogP contribution in [0, 0.1) is 0 Å². The molecular formula is C10H18F3NO. The molecule has 0 atom stereocenters. The maximum Gasteiger partial charge on any atom is 0.522 e. The van der Waals surface area contributed by atoms with E-state index in [1.807, 2.05) is 0 Å². The van der Waals surface area contributed by atoms with E-state index in [0.29, 0.717) is 25.9 Å². The van der Waals surface area contributed by atoms with Crippen molar-refractivity contribution in [1.29, 1.82) is 0 Å². The Kier molecular flexibility index (Phi) is 3.66. The summed E-state index contributed by atoms with van der Waals surface area (Å²) in [7, 11) is 0. The maximum atomic E-state index is 11.9. The van der Waals surface area contributed by atoms with Crippen molar-refractivity contribution in [3.63, 3.8) is 0 Å². The Morgan fingerprint density at radius 2 is 1.53 bits per heavy atom. The first-order valence-corrected chi connectivity index (χ1v) is 5.18. The first-order valence-electron chi connectivity index (χ1n) is 5.18. The molecule has 0 aromatic rings. The van der Waals surface area contributed by atoms with E-state index < -0.39 is 12.5 Å². The first kappa shape index (κ1) is 12.8. The SMILES string of the molecule is CC(C)(C)N1CCC(OC(F)(F)F)CC1. The lowest BCUT2D eigenvalue weighted by atomic mass is 9.99. The zero-order valence-corrected chi connectivity index (χ0v) is 9.40. The fourth-order valence-electron chi connectivity index (χ4n) is 1.83. The third kappa shape index (κ3) is 4.38. The average Bonchev–Trinajstić information content (AvgIpc) is 2.00. The second-order valence-electron chi connectivity index (χ2n) is 4.92. The minimum absolute atomic E-state index is 0.0310. The molecule has 0 unspecified atom stereocenters. The van der Waals surface area contributed by atoms with E-state index >= 15 is 0 Å². The lowest BCUT2D eigenvalue weighted by molar-refractivity contribution is -0.346. The third-order valence-electron chi connectivity index (χ3n) is 2.69. The second-order valence-corrected chi connectivity index (χ2v) is 4.92. The molecule has 0 aromatic carbocycles. The van der Waals surface area contributed by atoms with Crippen LogP contribution in [-0.4, -0.2) is 36.0 Å². The zero-order chi connectivity index (χ0) is 11.7. The highest BCUT2D eigenvalue weighted by atomic mass is 19.4. The summed E-state index contributed by atoms with van der Waals surface area (Å²) in [5.74, 6) is 0. The highest BCUT2D eigenvalue weighted by molar-refractivity contribution is 4.82. The quantitative estimate of drug-likeness (QED) is 0.680. The van der Waals surface area contributed by atoms with Crippen LogP contribution in [0.1, 0.15) is 33.6 Å². The first-order chi connectivity index (χ1) is 6.68. The Labute approximate surface area is 88.4 Å². The van der Waals surface area contributed by atoms with Crippen molar-refractivity contribution in [3.8, 4) is 0 Å². The van der Waals surface area contributed by atoms with Gasteiger partial charge in [-0.2, -0.15) is 0 Å². The molecule has 0 radical (unpaired) electrons. The van der Waals surface area contributed by atoms with Crippen LogP contribution >= 0.6 is 0 Å². The average molecular weight is 225 g/mol. The molecule has 1 heterocycles. The molecular weight excluding hydrogens is 207 g/mol. The third-order valence-corrected chi connectivity index (χ3v) is 2.69. The molecule has 0 spiro atoms. The van der Waals surface area contributed by atoms with Gasteiger partial charge in [0.1, 0.15) is 0 Å². The van der Waals surface area contributed by atoms with Crippen molar-refractivity contribution in [3.05, 3.63) is 0 Å². The van der Waals surface area contributed by atoms with Crippen LogP contribution in [0.25, 0.3) is 0 Å². The summed E-state index contributed by atoms with van der Waals surface area (Å²) in [6, 6.07) is 0. The minimum Gasteiger partial charge on any atom is -0.298 e. The number of ether oxygens (including phenoxy) is 1. The number of rotatable bonds is 1. The fourth-order valence-corrected chi connectivity index (χ4v) is 1.83. The molecule has 2 nitrogen and oxygen atoms in total. The maximum absolute atomic E-state index is 11.9. The Morgan fingerprint density at radius 1 is 1.07 bits per heavy atom. The number of alkyl halides is 3. The van der Waals surface area contributed by atoms with E-state index in [2.05, 4.69) is 30.4 Å². The van der Waals surface area contributed by atoms with Gasteiger partial charge in [0, 0.05) is 18.6 Å². The monoisotopic (exact) mass is 225 g/mol. The standard InChI is InChI=1S/C10H18F3NO/c1-9(2,3)14-6-4-8(5-7-14)15-10(11,12)13/h8H,4-7H2,1-3H3. The van der Waals surface area contributed by atoms with Gasteiger partial charge in [0.15, 0.2) is 0 Å². The highest BCUT2D eigenvalue weighted by Crippen LogP contribution is 2.26. The van der Waals surface area contributed by atoms with Gasteiger partial charge in [-0.3, -0.25) is 9.64 Å². The number of halogens is 3. The fraction of sp³-hybridized carbons (Fsp3) is 1.00. The lowest BCUT2D eigenvalue weighted by Crippen LogP contribution is -2.48. The molecule has 5 heteroatoms. The topological polar surface area (TPSA) is 12.5 Å². The summed E-state index contributed by atoms with van der Waals surface area (Å²) in [4.78, 5) is 2.18. The Hall–Kier alpha value is -0.290. The molecule has 0 aliphatic carbocycles. The molecule has 0 saturated carbocycles. The number of piperidine rings is 1. The number of hydrogen-bond acceptors (Lipinski definition) is 2. The summed E-state index contributed by atoms with van der Waals surface area (Å²) < 4.78 is 39.8. The summed E-state index contributed by atoms with van der Waals surface area (Å²) in [6.07, 6.45) is -4.24. The zero-order valence-electron chi connectivity index (χ0n) is 9.40. The van der Waals surface area contributed by atoms with Crippen LogP contribution < -0.4 is 0 Å². The van der Waals surface area contributed by atoms with E-state index in [1.165, 1.54) is 0 Å². The molecule has 0 bridgehead atoms. The molecule has 1 saturated heterocycles. The molecule has 0 aromatic heterocycles. The van der Waals surface area contributed by atoms with Gasteiger partial charge in [0.05, 0.1) is 6.10 Å². The van der Waals surface area contributed by atoms with Gasteiger partial charge >= 0.3 is 6.36 Å². The van der Waals surface area contributed by atoms with Crippen molar-refractivity contribution in [2.45, 2.75) is 51.6 Å². The lowest BCUT2D eigenvalue weighted by Gasteiger charge is -2.40. The summed E-state index contributed by atoms with van der Waals surface area (Å²) in [5, 5.41) is 0. The van der Waals surface area contributed by atoms with Crippen LogP contribution in [0.2, 0.25) is 0 Å². The van der Waals surface area contributed by atoms with Gasteiger partial charge in [0.25, 0.3) is 0 Å². The van der Waals surface area contributed by atoms with Crippen molar-refractivity contribution in [2.75, 3.05) is 13.1 Å². The normalized spacial score (nSPS) is 22.0. The number of nitrogens with zero attached hydrogens (tertiary/aromatic N) is 1. The second kappa shape index (κ2) is 4.29. The van der Waals surface area contributed by atoms with E-state index in [9.17, 15) is 13.2 Å². The molecule has 1 aliphatic rings. The van der Waals surface area contributed by atoms with Crippen LogP contribution in [0.15, 0.2) is 0 Å². The number of likely N-dealkylation sites (tertiary alicyclic amines) is 1. The number of hydrogen-bond donors (Lipinski definition) is 0. The van der Waals surface area contributed by atoms with Crippen LogP contribution in [0.5, 0.6) is 0 Å². The predicted molar refractivity (Wildman–Crippen MR) is 51.5 cm³/mol. The Morgan fingerprint density at radius 3 is 1.87 bits per heavy atom. The molecule has 0 N–H and O–H groups in total. The molecule has 15 heavy (non-hydrogen) atoms. The van der Waals surface area contributed by atoms with Crippen molar-refractivity contribution in [2.24, 2.45) is 0 Å². The predicted octanol–water partition coefficient (Wildman–Crippen LogP) is 2.79. The summed E-state index contributed by atoms with van der Waals surface area (Å²) in [5.41, 5.74) is 0.0310. The molecule has 1 fully saturated rings. The molecule has 1 aliphatic heterocycles. The van der Waals surface area contributed by atoms with Gasteiger partial charge in [-0.05, 0) is 33.6 Å². The smallest absolute Gasteiger partial charge is 0.298 e. The summed E-state index contributed by atoms with van der Waals surface area (Å²) >= 11 is 0. The molecule has 1 rings (SSSR count). The van der Waals surface area contributed by atoms with E-state index in [4.69, 9.17) is 0 Å². The van der Waals surface area contributed by atoms with E-state index in [-0.39, 0.29) is 5.54 Å². The van der Waals surface area contributed by atoms with Gasteiger partial charge in [-0.15, -0.1) is 13.2 Å². The Bertz CT molecular complexity index is 202. The summed E-state index contributed by atoms with van der Waals surface area (Å²) in [6.45, 7) is 7.54. The van der Waals surface area contributed by atoms with E-state index in [0.717, 1.165) is 0 Å². The van der Waals surface area contributed by atoms with Crippen LogP contribution in [-0.2, 0) is 4.74 Å². The highest BCUT2D eigenvalue weighted by Gasteiger charge is 2.36. The van der Waals surface area contributed by atoms with E-state index in [1.54, 1.807) is 0 Å². The molecule has 0 amide bonds. The largest absolute Gasteiger partial charge is 0.522 e. The van der Waals surface area contributed by atoms with Gasteiger partial charge < -0.3 is 0 Å². The van der Waals surface area contributed by atoms with Crippen LogP contribution in [0.3, 0.4) is 0 Å². The van der Waals surface area contributed by atoms with Crippen molar-refractivity contribution >= 4 is 0 Å². The van der Waals surface area contributed by atoms with Gasteiger partial charge in [-0.25, -0.2) is 0 Å². The van der Waals surface area contributed by atoms with Gasteiger partial charge in [-0.1, -0.05) is 0 Å². The van der Waals surface area contributed by atoms with Crippen molar-refractivity contribution in [1.82, 2.24) is 4.90 Å². The van der Waals surface area contributed by atoms with Gasteiger partial charge in [0.2, 0.25) is 0 Å². The Balaban J connectivity index is 2.37. The van der Waals surface area contributed by atoms with Crippen LogP contribution in [0.4, 0.5) is 13.2 Å². The minimum atomic E-state index is -4.49. The van der Waals surface area contributed by atoms with Crippen molar-refractivity contribution < 1.29 is 17.9 Å². The molecule has 90 valence electrons.